The van der Waals surface area contributed by atoms with Gasteiger partial charge in [-0.15, -0.1) is 0 Å². The maximum Gasteiger partial charge on any atom is 0.303 e. The van der Waals surface area contributed by atoms with Crippen molar-refractivity contribution in [3.05, 3.63) is 0 Å². The monoisotopic (exact) mass is 445 g/mol. The number of carboxylic acids is 1. The van der Waals surface area contributed by atoms with Gasteiger partial charge in [-0.1, -0.05) is 0 Å². The van der Waals surface area contributed by atoms with Crippen molar-refractivity contribution >= 4 is 29.8 Å². The van der Waals surface area contributed by atoms with Crippen LogP contribution in [0.3, 0.4) is 0 Å². The Morgan fingerprint density at radius 2 is 1.52 bits per heavy atom. The lowest BCUT2D eigenvalue weighted by molar-refractivity contribution is -0.193. The van der Waals surface area contributed by atoms with Gasteiger partial charge in [0.05, 0.1) is 18.8 Å². The van der Waals surface area contributed by atoms with Gasteiger partial charge < -0.3 is 29.4 Å². The first kappa shape index (κ1) is 26.3. The largest absolute Gasteiger partial charge is 0.481 e. The van der Waals surface area contributed by atoms with E-state index in [-0.39, 0.29) is 26.1 Å². The topological polar surface area (TPSA) is 155 Å². The van der Waals surface area contributed by atoms with Gasteiger partial charge in [0.1, 0.15) is 6.10 Å². The number of aliphatic carboxylic acids is 1. The van der Waals surface area contributed by atoms with Gasteiger partial charge in [0.2, 0.25) is 5.91 Å². The molecule has 1 fully saturated rings. The highest BCUT2D eigenvalue weighted by atomic mass is 16.6. The van der Waals surface area contributed by atoms with E-state index in [2.05, 4.69) is 5.32 Å². The first-order valence-electron chi connectivity index (χ1n) is 10.1. The van der Waals surface area contributed by atoms with Crippen LogP contribution in [0.5, 0.6) is 0 Å². The molecule has 1 amide bonds. The Labute approximate surface area is 180 Å². The second kappa shape index (κ2) is 12.9. The zero-order valence-electron chi connectivity index (χ0n) is 18.3. The summed E-state index contributed by atoms with van der Waals surface area (Å²) >= 11 is 0. The Balaban J connectivity index is 3.11. The zero-order chi connectivity index (χ0) is 23.6. The van der Waals surface area contributed by atoms with Crippen LogP contribution in [0.2, 0.25) is 0 Å². The zero-order valence-corrected chi connectivity index (χ0v) is 18.3. The molecule has 0 aromatic rings. The summed E-state index contributed by atoms with van der Waals surface area (Å²) in [7, 11) is 0. The number of esters is 3. The van der Waals surface area contributed by atoms with Crippen molar-refractivity contribution in [1.82, 2.24) is 5.32 Å². The van der Waals surface area contributed by atoms with Crippen LogP contribution >= 0.6 is 0 Å². The number of rotatable bonds is 11. The molecule has 1 aliphatic carbocycles. The number of amides is 1. The minimum Gasteiger partial charge on any atom is -0.481 e. The van der Waals surface area contributed by atoms with Gasteiger partial charge in [-0.25, -0.2) is 0 Å². The number of ether oxygens (including phenoxy) is 4. The number of carbonyl (C=O) groups excluding carboxylic acids is 4. The molecule has 1 rings (SSSR count). The van der Waals surface area contributed by atoms with Crippen molar-refractivity contribution in [3.8, 4) is 0 Å². The highest BCUT2D eigenvalue weighted by Gasteiger charge is 2.50. The lowest BCUT2D eigenvalue weighted by atomic mass is 9.79. The fourth-order valence-electron chi connectivity index (χ4n) is 3.53. The molecular formula is C20H31NO10. The second-order valence-corrected chi connectivity index (χ2v) is 7.43. The molecule has 5 unspecified atom stereocenters. The summed E-state index contributed by atoms with van der Waals surface area (Å²) < 4.78 is 21.8. The SMILES string of the molecule is CC(=O)NC1C(OCCCCC(=O)O)CC(COC(C)=O)C(OC(C)=O)C1OC(C)=O. The molecule has 2 N–H and O–H groups in total. The van der Waals surface area contributed by atoms with Crippen LogP contribution in [0, 0.1) is 5.92 Å². The highest BCUT2D eigenvalue weighted by molar-refractivity contribution is 5.73. The normalized spacial score (nSPS) is 25.2. The Kier molecular flexibility index (Phi) is 10.9. The van der Waals surface area contributed by atoms with E-state index in [1.165, 1.54) is 27.7 Å². The predicted octanol–water partition coefficient (Wildman–Crippen LogP) is 0.578. The summed E-state index contributed by atoms with van der Waals surface area (Å²) in [6, 6.07) is -0.821. The number of nitrogens with one attached hydrogen (secondary N) is 1. The smallest absolute Gasteiger partial charge is 0.303 e. The van der Waals surface area contributed by atoms with Crippen molar-refractivity contribution in [2.45, 2.75) is 77.7 Å². The van der Waals surface area contributed by atoms with Crippen molar-refractivity contribution in [3.63, 3.8) is 0 Å². The summed E-state index contributed by atoms with van der Waals surface area (Å²) in [5, 5.41) is 11.4. The maximum absolute atomic E-state index is 11.8. The molecule has 1 aliphatic rings. The number of carbonyl (C=O) groups is 5. The Bertz CT molecular complexity index is 664. The molecule has 0 aromatic heterocycles. The Morgan fingerprint density at radius 1 is 0.903 bits per heavy atom. The molecular weight excluding hydrogens is 414 g/mol. The third kappa shape index (κ3) is 9.77. The van der Waals surface area contributed by atoms with Crippen LogP contribution in [0.25, 0.3) is 0 Å². The summed E-state index contributed by atoms with van der Waals surface area (Å²) in [4.78, 5) is 57.2. The van der Waals surface area contributed by atoms with Crippen LogP contribution < -0.4 is 5.32 Å². The minimum absolute atomic E-state index is 0.00280. The molecule has 0 aliphatic heterocycles. The first-order chi connectivity index (χ1) is 14.5. The molecule has 0 spiro atoms. The van der Waals surface area contributed by atoms with Crippen LogP contribution in [0.1, 0.15) is 53.4 Å². The summed E-state index contributed by atoms with van der Waals surface area (Å²) in [6.07, 6.45) is -1.56. The van der Waals surface area contributed by atoms with E-state index < -0.39 is 60.1 Å². The van der Waals surface area contributed by atoms with Crippen LogP contribution in [0.4, 0.5) is 0 Å². The molecule has 0 radical (unpaired) electrons. The standard InChI is InChI=1S/C20H31NO10/c1-11(22)21-18-16(28-8-6-5-7-17(26)27)9-15(10-29-12(2)23)19(30-13(3)24)20(18)31-14(4)25/h15-16,18-20H,5-10H2,1-4H3,(H,21,22)(H,26,27). The van der Waals surface area contributed by atoms with Crippen LogP contribution in [0.15, 0.2) is 0 Å². The van der Waals surface area contributed by atoms with E-state index in [1.54, 1.807) is 0 Å². The lowest BCUT2D eigenvalue weighted by Crippen LogP contribution is -2.63. The van der Waals surface area contributed by atoms with E-state index in [9.17, 15) is 24.0 Å². The highest BCUT2D eigenvalue weighted by Crippen LogP contribution is 2.33. The lowest BCUT2D eigenvalue weighted by Gasteiger charge is -2.45. The molecule has 0 bridgehead atoms. The van der Waals surface area contributed by atoms with Gasteiger partial charge in [-0.2, -0.15) is 0 Å². The van der Waals surface area contributed by atoms with E-state index in [4.69, 9.17) is 24.1 Å². The predicted molar refractivity (Wildman–Crippen MR) is 105 cm³/mol. The molecule has 0 heterocycles. The molecule has 5 atom stereocenters. The van der Waals surface area contributed by atoms with Crippen molar-refractivity contribution < 1.29 is 48.0 Å². The summed E-state index contributed by atoms with van der Waals surface area (Å²) in [5.41, 5.74) is 0. The number of hydrogen-bond donors (Lipinski definition) is 2. The summed E-state index contributed by atoms with van der Waals surface area (Å²) in [6.45, 7) is 5.03. The van der Waals surface area contributed by atoms with Crippen LogP contribution in [-0.2, 0) is 42.9 Å². The van der Waals surface area contributed by atoms with Gasteiger partial charge in [0.15, 0.2) is 6.10 Å². The van der Waals surface area contributed by atoms with Gasteiger partial charge in [-0.3, -0.25) is 24.0 Å². The molecule has 11 nitrogen and oxygen atoms in total. The Morgan fingerprint density at radius 3 is 2.03 bits per heavy atom. The molecule has 11 heteroatoms. The van der Waals surface area contributed by atoms with Crippen molar-refractivity contribution in [1.29, 1.82) is 0 Å². The van der Waals surface area contributed by atoms with E-state index in [0.29, 0.717) is 12.8 Å². The third-order valence-electron chi connectivity index (χ3n) is 4.67. The number of unbranched alkanes of at least 4 members (excludes halogenated alkanes) is 1. The van der Waals surface area contributed by atoms with E-state index in [0.717, 1.165) is 0 Å². The van der Waals surface area contributed by atoms with E-state index >= 15 is 0 Å². The molecule has 0 aromatic carbocycles. The van der Waals surface area contributed by atoms with Crippen molar-refractivity contribution in [2.24, 2.45) is 5.92 Å². The third-order valence-corrected chi connectivity index (χ3v) is 4.67. The fourth-order valence-corrected chi connectivity index (χ4v) is 3.53. The van der Waals surface area contributed by atoms with Crippen molar-refractivity contribution in [2.75, 3.05) is 13.2 Å². The number of hydrogen-bond acceptors (Lipinski definition) is 9. The van der Waals surface area contributed by atoms with Gasteiger partial charge in [0.25, 0.3) is 0 Å². The van der Waals surface area contributed by atoms with Gasteiger partial charge in [0, 0.05) is 46.6 Å². The first-order valence-corrected chi connectivity index (χ1v) is 10.1. The summed E-state index contributed by atoms with van der Waals surface area (Å²) in [5.74, 6) is -3.65. The maximum atomic E-state index is 11.8. The quantitative estimate of drug-likeness (QED) is 0.262. The van der Waals surface area contributed by atoms with E-state index in [1.807, 2.05) is 0 Å². The fraction of sp³-hybridized carbons (Fsp3) is 0.750. The molecule has 31 heavy (non-hydrogen) atoms. The average molecular weight is 445 g/mol. The van der Waals surface area contributed by atoms with Crippen LogP contribution in [-0.4, -0.2) is 72.5 Å². The van der Waals surface area contributed by atoms with Gasteiger partial charge in [-0.05, 0) is 19.3 Å². The van der Waals surface area contributed by atoms with Gasteiger partial charge >= 0.3 is 23.9 Å². The second-order valence-electron chi connectivity index (χ2n) is 7.43. The minimum atomic E-state index is -1.07. The molecule has 1 saturated carbocycles. The molecule has 176 valence electrons. The average Bonchev–Trinajstić information content (AvgIpc) is 2.62. The molecule has 0 saturated heterocycles. The Hall–Kier alpha value is -2.69. The number of carboxylic acid groups (broad SMARTS) is 1.